The molecule has 0 saturated carbocycles. The maximum atomic E-state index is 2.38. The lowest BCUT2D eigenvalue weighted by Gasteiger charge is -2.33. The van der Waals surface area contributed by atoms with Crippen molar-refractivity contribution in [2.75, 3.05) is 9.80 Å². The van der Waals surface area contributed by atoms with Crippen LogP contribution in [0.5, 0.6) is 0 Å². The molecule has 2 heteroatoms. The molecule has 0 amide bonds. The third-order valence-corrected chi connectivity index (χ3v) is 17.2. The van der Waals surface area contributed by atoms with E-state index >= 15 is 0 Å². The first-order chi connectivity index (χ1) is 40.6. The van der Waals surface area contributed by atoms with Crippen LogP contribution in [0, 0.1) is 10.8 Å². The van der Waals surface area contributed by atoms with E-state index in [1.54, 1.807) is 0 Å². The Balaban J connectivity index is 0.949. The summed E-state index contributed by atoms with van der Waals surface area (Å²) in [7, 11) is 0. The molecule has 2 nitrogen and oxygen atoms in total. The summed E-state index contributed by atoms with van der Waals surface area (Å²) in [6.45, 7) is 37.1. The second-order valence-corrected chi connectivity index (χ2v) is 30.0. The summed E-state index contributed by atoms with van der Waals surface area (Å²) >= 11 is 0. The van der Waals surface area contributed by atoms with Crippen LogP contribution < -0.4 is 9.80 Å². The Labute approximate surface area is 517 Å². The van der Waals surface area contributed by atoms with Crippen molar-refractivity contribution < 1.29 is 0 Å². The first kappa shape index (κ1) is 60.9. The fraction of sp³-hybridized carbons (Fsp3) is 0.286. The van der Waals surface area contributed by atoms with Crippen LogP contribution in [0.3, 0.4) is 0 Å². The van der Waals surface area contributed by atoms with Gasteiger partial charge in [-0.15, -0.1) is 0 Å². The van der Waals surface area contributed by atoms with E-state index in [9.17, 15) is 0 Å². The number of nitrogens with zero attached hydrogens (tertiary/aromatic N) is 2. The molecule has 10 aromatic rings. The van der Waals surface area contributed by atoms with Gasteiger partial charge in [-0.2, -0.15) is 0 Å². The van der Waals surface area contributed by atoms with E-state index in [0.717, 1.165) is 58.1 Å². The van der Waals surface area contributed by atoms with Crippen LogP contribution in [0.25, 0.3) is 55.6 Å². The molecule has 86 heavy (non-hydrogen) atoms. The van der Waals surface area contributed by atoms with E-state index < -0.39 is 0 Å². The van der Waals surface area contributed by atoms with Gasteiger partial charge in [-0.3, -0.25) is 0 Å². The van der Waals surface area contributed by atoms with Crippen molar-refractivity contribution in [3.63, 3.8) is 0 Å². The van der Waals surface area contributed by atoms with Crippen LogP contribution in [0.15, 0.2) is 243 Å². The molecular weight excluding hydrogens is 1040 g/mol. The SMILES string of the molecule is CC(C)(C)CC(C)(C)c1ccc(-c2ccc(N(c3ccc(-c4ccc(N(c5ccc(-c6ccc(C(C)(C)C)cc6)cc5)c5ccc(-c6ccc(C(C)(C)CC(C)(C)C)cc6)cc5)cc4)cc3)c3ccc(-c4ccc(C(C)(C)C)cc4)cc3)cc2)cc1. The van der Waals surface area contributed by atoms with E-state index in [1.807, 2.05) is 0 Å². The predicted octanol–water partition coefficient (Wildman–Crippen LogP) is 25.0. The zero-order valence-electron chi connectivity index (χ0n) is 54.4. The lowest BCUT2D eigenvalue weighted by Crippen LogP contribution is -2.24. The van der Waals surface area contributed by atoms with Crippen molar-refractivity contribution >= 4 is 34.1 Å². The molecule has 0 unspecified atom stereocenters. The minimum atomic E-state index is 0.0910. The second kappa shape index (κ2) is 23.9. The van der Waals surface area contributed by atoms with Gasteiger partial charge in [0.2, 0.25) is 0 Å². The molecule has 0 radical (unpaired) electrons. The zero-order valence-corrected chi connectivity index (χ0v) is 54.4. The molecule has 0 aliphatic carbocycles. The summed E-state index contributed by atoms with van der Waals surface area (Å²) in [6, 6.07) is 90.9. The summed E-state index contributed by atoms with van der Waals surface area (Å²) in [4.78, 5) is 4.75. The van der Waals surface area contributed by atoms with Crippen LogP contribution in [0.4, 0.5) is 34.1 Å². The summed E-state index contributed by atoms with van der Waals surface area (Å²) in [5.74, 6) is 0. The molecule has 438 valence electrons. The highest BCUT2D eigenvalue weighted by Gasteiger charge is 2.29. The average Bonchev–Trinajstić information content (AvgIpc) is 1.39. The smallest absolute Gasteiger partial charge is 0.0462 e. The Morgan fingerprint density at radius 1 is 0.186 bits per heavy atom. The first-order valence-corrected chi connectivity index (χ1v) is 31.2. The zero-order chi connectivity index (χ0) is 61.4. The molecule has 0 aliphatic heterocycles. The van der Waals surface area contributed by atoms with Gasteiger partial charge in [-0.25, -0.2) is 0 Å². The number of hydrogen-bond donors (Lipinski definition) is 0. The van der Waals surface area contributed by atoms with E-state index in [2.05, 4.69) is 363 Å². The van der Waals surface area contributed by atoms with Crippen molar-refractivity contribution in [2.45, 2.75) is 145 Å². The Bertz CT molecular complexity index is 3570. The Hall–Kier alpha value is -8.20. The van der Waals surface area contributed by atoms with E-state index in [-0.39, 0.29) is 32.5 Å². The quantitative estimate of drug-likeness (QED) is 0.101. The topological polar surface area (TPSA) is 6.48 Å². The Morgan fingerprint density at radius 2 is 0.326 bits per heavy atom. The number of rotatable bonds is 15. The molecule has 0 N–H and O–H groups in total. The van der Waals surface area contributed by atoms with E-state index in [0.29, 0.717) is 0 Å². The summed E-state index contributed by atoms with van der Waals surface area (Å²) in [5.41, 5.74) is 24.9. The van der Waals surface area contributed by atoms with Crippen molar-refractivity contribution in [3.8, 4) is 55.6 Å². The normalized spacial score (nSPS) is 12.5. The van der Waals surface area contributed by atoms with Crippen LogP contribution in [-0.2, 0) is 21.7 Å². The lowest BCUT2D eigenvalue weighted by atomic mass is 9.72. The highest BCUT2D eigenvalue weighted by atomic mass is 15.1. The van der Waals surface area contributed by atoms with Gasteiger partial charge in [0.15, 0.2) is 0 Å². The van der Waals surface area contributed by atoms with Gasteiger partial charge in [0.05, 0.1) is 0 Å². The van der Waals surface area contributed by atoms with Gasteiger partial charge in [0.1, 0.15) is 0 Å². The minimum absolute atomic E-state index is 0.0910. The number of anilines is 6. The van der Waals surface area contributed by atoms with Gasteiger partial charge in [0, 0.05) is 34.1 Å². The largest absolute Gasteiger partial charge is 0.311 e. The average molecular weight is 1130 g/mol. The van der Waals surface area contributed by atoms with Crippen molar-refractivity contribution in [1.82, 2.24) is 0 Å². The highest BCUT2D eigenvalue weighted by Crippen LogP contribution is 2.43. The molecule has 0 saturated heterocycles. The van der Waals surface area contributed by atoms with Gasteiger partial charge in [0.25, 0.3) is 0 Å². The summed E-state index contributed by atoms with van der Waals surface area (Å²) < 4.78 is 0. The predicted molar refractivity (Wildman–Crippen MR) is 375 cm³/mol. The monoisotopic (exact) mass is 1130 g/mol. The summed E-state index contributed by atoms with van der Waals surface area (Å²) in [6.07, 6.45) is 2.24. The van der Waals surface area contributed by atoms with Crippen LogP contribution >= 0.6 is 0 Å². The van der Waals surface area contributed by atoms with Crippen LogP contribution in [0.1, 0.15) is 146 Å². The molecule has 10 aromatic carbocycles. The maximum Gasteiger partial charge on any atom is 0.0462 e. The molecule has 0 spiro atoms. The fourth-order valence-electron chi connectivity index (χ4n) is 13.1. The fourth-order valence-corrected chi connectivity index (χ4v) is 13.1. The molecule has 0 bridgehead atoms. The van der Waals surface area contributed by atoms with E-state index in [1.165, 1.54) is 66.8 Å². The van der Waals surface area contributed by atoms with Crippen molar-refractivity contribution in [2.24, 2.45) is 10.8 Å². The van der Waals surface area contributed by atoms with Crippen LogP contribution in [-0.4, -0.2) is 0 Å². The lowest BCUT2D eigenvalue weighted by molar-refractivity contribution is 0.283. The third-order valence-electron chi connectivity index (χ3n) is 17.2. The first-order valence-electron chi connectivity index (χ1n) is 31.2. The Morgan fingerprint density at radius 3 is 0.465 bits per heavy atom. The minimum Gasteiger partial charge on any atom is -0.311 e. The molecule has 0 atom stereocenters. The van der Waals surface area contributed by atoms with Crippen molar-refractivity contribution in [3.05, 3.63) is 265 Å². The molecule has 0 aromatic heterocycles. The number of hydrogen-bond acceptors (Lipinski definition) is 2. The maximum absolute atomic E-state index is 2.38. The number of benzene rings is 10. The van der Waals surface area contributed by atoms with Gasteiger partial charge in [-0.05, 0) is 196 Å². The molecule has 0 aliphatic rings. The van der Waals surface area contributed by atoms with Gasteiger partial charge >= 0.3 is 0 Å². The second-order valence-electron chi connectivity index (χ2n) is 30.0. The Kier molecular flexibility index (Phi) is 16.9. The molecule has 0 fully saturated rings. The summed E-state index contributed by atoms with van der Waals surface area (Å²) in [5, 5.41) is 0. The molecule has 0 heterocycles. The standard InChI is InChI=1S/C84H92N2/c1-79(2,3)57-83(13,14)71-41-21-61(22-42-71)65-29-49-75(50-30-65)85(73-45-25-63(26-46-73)59-17-37-69(38-18-59)81(7,8)9)77-53-33-67(34-54-77)68-35-55-78(56-36-68)86(74-47-27-64(28-48-74)60-19-39-70(40-20-60)82(10,11)12)76-51-31-66(32-52-76)62-23-43-72(44-24-62)84(15,16)58-80(4,5)6/h17-56H,57-58H2,1-16H3. The molecular formula is C84H92N2. The van der Waals surface area contributed by atoms with E-state index in [4.69, 9.17) is 0 Å². The third kappa shape index (κ3) is 14.4. The van der Waals surface area contributed by atoms with Crippen LogP contribution in [0.2, 0.25) is 0 Å². The highest BCUT2D eigenvalue weighted by molar-refractivity contribution is 5.84. The van der Waals surface area contributed by atoms with Gasteiger partial charge in [-0.1, -0.05) is 281 Å². The van der Waals surface area contributed by atoms with Crippen molar-refractivity contribution in [1.29, 1.82) is 0 Å². The van der Waals surface area contributed by atoms with Gasteiger partial charge < -0.3 is 9.80 Å². The molecule has 10 rings (SSSR count).